The summed E-state index contributed by atoms with van der Waals surface area (Å²) in [4.78, 5) is 4.61. The molecule has 2 aromatic rings. The van der Waals surface area contributed by atoms with Crippen molar-refractivity contribution in [3.63, 3.8) is 0 Å². The Morgan fingerprint density at radius 3 is 2.57 bits per heavy atom. The first-order chi connectivity index (χ1) is 11.1. The zero-order valence-corrected chi connectivity index (χ0v) is 13.7. The Hall–Kier alpha value is -2.73. The SMILES string of the molecule is CC[N+]1=C(C=Cc2ccc(C#N)cc2)C(C)(C)c2ncccc21. The van der Waals surface area contributed by atoms with Gasteiger partial charge in [0, 0.05) is 18.3 Å². The van der Waals surface area contributed by atoms with Crippen molar-refractivity contribution in [3.05, 3.63) is 65.5 Å². The molecule has 0 aliphatic carbocycles. The number of allylic oxidation sites excluding steroid dienone is 1. The van der Waals surface area contributed by atoms with Crippen LogP contribution in [-0.2, 0) is 5.41 Å². The van der Waals surface area contributed by atoms with Crippen LogP contribution in [0.1, 0.15) is 37.6 Å². The lowest BCUT2D eigenvalue weighted by molar-refractivity contribution is -0.433. The molecule has 3 heteroatoms. The van der Waals surface area contributed by atoms with Gasteiger partial charge in [0.25, 0.3) is 0 Å². The van der Waals surface area contributed by atoms with Gasteiger partial charge in [-0.2, -0.15) is 9.84 Å². The number of rotatable bonds is 3. The van der Waals surface area contributed by atoms with Crippen molar-refractivity contribution in [2.45, 2.75) is 26.2 Å². The third-order valence-electron chi connectivity index (χ3n) is 4.39. The van der Waals surface area contributed by atoms with E-state index in [0.717, 1.165) is 17.8 Å². The maximum atomic E-state index is 8.88. The predicted molar refractivity (Wildman–Crippen MR) is 92.9 cm³/mol. The van der Waals surface area contributed by atoms with Crippen LogP contribution in [0.3, 0.4) is 0 Å². The third-order valence-corrected chi connectivity index (χ3v) is 4.39. The van der Waals surface area contributed by atoms with Crippen LogP contribution in [0.4, 0.5) is 5.69 Å². The number of hydrogen-bond acceptors (Lipinski definition) is 2. The Balaban J connectivity index is 2.01. The summed E-state index contributed by atoms with van der Waals surface area (Å²) in [5.74, 6) is 0. The zero-order valence-electron chi connectivity index (χ0n) is 13.7. The van der Waals surface area contributed by atoms with E-state index in [2.05, 4.69) is 54.6 Å². The summed E-state index contributed by atoms with van der Waals surface area (Å²) in [6.07, 6.45) is 6.14. The van der Waals surface area contributed by atoms with E-state index >= 15 is 0 Å². The van der Waals surface area contributed by atoms with Crippen LogP contribution in [-0.4, -0.2) is 21.8 Å². The highest BCUT2D eigenvalue weighted by Gasteiger charge is 2.44. The van der Waals surface area contributed by atoms with Crippen molar-refractivity contribution in [1.82, 2.24) is 4.98 Å². The van der Waals surface area contributed by atoms with Crippen molar-refractivity contribution < 1.29 is 4.58 Å². The van der Waals surface area contributed by atoms with Crippen molar-refractivity contribution >= 4 is 17.5 Å². The average molecular weight is 302 g/mol. The maximum absolute atomic E-state index is 8.88. The van der Waals surface area contributed by atoms with E-state index in [1.165, 1.54) is 11.4 Å². The fourth-order valence-electron chi connectivity index (χ4n) is 3.17. The lowest BCUT2D eigenvalue weighted by Crippen LogP contribution is -2.28. The molecule has 1 aromatic heterocycles. The number of nitriles is 1. The molecule has 0 unspecified atom stereocenters. The van der Waals surface area contributed by atoms with Crippen LogP contribution in [0.2, 0.25) is 0 Å². The molecule has 3 nitrogen and oxygen atoms in total. The molecule has 0 fully saturated rings. The topological polar surface area (TPSA) is 39.7 Å². The summed E-state index contributed by atoms with van der Waals surface area (Å²) in [6, 6.07) is 13.9. The van der Waals surface area contributed by atoms with Crippen LogP contribution >= 0.6 is 0 Å². The fraction of sp³-hybridized carbons (Fsp3) is 0.250. The molecule has 23 heavy (non-hydrogen) atoms. The minimum atomic E-state index is -0.115. The van der Waals surface area contributed by atoms with Gasteiger partial charge in [0.05, 0.1) is 17.0 Å². The number of benzene rings is 1. The maximum Gasteiger partial charge on any atom is 0.228 e. The molecule has 3 rings (SSSR count). The Labute approximate surface area is 137 Å². The van der Waals surface area contributed by atoms with Crippen LogP contribution in [0.15, 0.2) is 48.7 Å². The van der Waals surface area contributed by atoms with E-state index < -0.39 is 0 Å². The molecular formula is C20H20N3+. The minimum absolute atomic E-state index is 0.115. The van der Waals surface area contributed by atoms with Gasteiger partial charge in [-0.1, -0.05) is 12.1 Å². The second-order valence-corrected chi connectivity index (χ2v) is 6.19. The summed E-state index contributed by atoms with van der Waals surface area (Å²) in [5, 5.41) is 8.88. The number of aromatic nitrogens is 1. The average Bonchev–Trinajstić information content (AvgIpc) is 2.80. The summed E-state index contributed by atoms with van der Waals surface area (Å²) in [5.41, 5.74) is 5.23. The molecule has 114 valence electrons. The number of hydrogen-bond donors (Lipinski definition) is 0. The van der Waals surface area contributed by atoms with Gasteiger partial charge in [-0.15, -0.1) is 0 Å². The van der Waals surface area contributed by atoms with Crippen LogP contribution in [0, 0.1) is 11.3 Å². The zero-order chi connectivity index (χ0) is 16.4. The van der Waals surface area contributed by atoms with Gasteiger partial charge in [0.15, 0.2) is 5.71 Å². The fourth-order valence-corrected chi connectivity index (χ4v) is 3.17. The van der Waals surface area contributed by atoms with Crippen molar-refractivity contribution in [2.24, 2.45) is 0 Å². The minimum Gasteiger partial charge on any atom is -0.253 e. The smallest absolute Gasteiger partial charge is 0.228 e. The molecule has 0 spiro atoms. The molecule has 1 aromatic carbocycles. The summed E-state index contributed by atoms with van der Waals surface area (Å²) in [7, 11) is 0. The molecule has 0 atom stereocenters. The molecule has 0 N–H and O–H groups in total. The van der Waals surface area contributed by atoms with E-state index in [1.807, 2.05) is 36.5 Å². The highest BCUT2D eigenvalue weighted by molar-refractivity contribution is 6.04. The van der Waals surface area contributed by atoms with Gasteiger partial charge in [-0.3, -0.25) is 4.98 Å². The molecule has 1 aliphatic rings. The monoisotopic (exact) mass is 302 g/mol. The molecule has 2 heterocycles. The molecule has 1 aliphatic heterocycles. The second kappa shape index (κ2) is 5.81. The third kappa shape index (κ3) is 2.57. The van der Waals surface area contributed by atoms with Gasteiger partial charge in [-0.25, -0.2) is 0 Å². The summed E-state index contributed by atoms with van der Waals surface area (Å²) in [6.45, 7) is 7.50. The lowest BCUT2D eigenvalue weighted by atomic mass is 9.84. The molecule has 0 radical (unpaired) electrons. The molecule has 0 bridgehead atoms. The van der Waals surface area contributed by atoms with Gasteiger partial charge < -0.3 is 0 Å². The van der Waals surface area contributed by atoms with Gasteiger partial charge in [0.1, 0.15) is 12.2 Å². The van der Waals surface area contributed by atoms with Crippen molar-refractivity contribution in [2.75, 3.05) is 6.54 Å². The van der Waals surface area contributed by atoms with Crippen LogP contribution in [0.25, 0.3) is 6.08 Å². The molecule has 0 amide bonds. The first-order valence-electron chi connectivity index (χ1n) is 7.86. The Morgan fingerprint density at radius 2 is 1.91 bits per heavy atom. The lowest BCUT2D eigenvalue weighted by Gasteiger charge is -2.13. The van der Waals surface area contributed by atoms with Gasteiger partial charge in [-0.05, 0) is 50.6 Å². The largest absolute Gasteiger partial charge is 0.253 e. The number of fused-ring (bicyclic) bond motifs is 1. The van der Waals surface area contributed by atoms with Gasteiger partial charge >= 0.3 is 0 Å². The Kier molecular flexibility index (Phi) is 3.83. The van der Waals surface area contributed by atoms with E-state index in [4.69, 9.17) is 5.26 Å². The summed E-state index contributed by atoms with van der Waals surface area (Å²) < 4.78 is 2.32. The first kappa shape index (κ1) is 15.2. The normalized spacial score (nSPS) is 15.7. The van der Waals surface area contributed by atoms with E-state index in [9.17, 15) is 0 Å². The second-order valence-electron chi connectivity index (χ2n) is 6.19. The number of nitrogens with zero attached hydrogens (tertiary/aromatic N) is 3. The Morgan fingerprint density at radius 1 is 1.17 bits per heavy atom. The van der Waals surface area contributed by atoms with Crippen molar-refractivity contribution in [3.8, 4) is 6.07 Å². The van der Waals surface area contributed by atoms with Crippen molar-refractivity contribution in [1.29, 1.82) is 5.26 Å². The van der Waals surface area contributed by atoms with E-state index in [-0.39, 0.29) is 5.41 Å². The predicted octanol–water partition coefficient (Wildman–Crippen LogP) is 4.06. The number of pyridine rings is 1. The highest BCUT2D eigenvalue weighted by atomic mass is 15.1. The standard InChI is InChI=1S/C20H20N3/c1-4-23-17-6-5-13-22-19(17)20(2,3)18(23)12-11-15-7-9-16(14-21)10-8-15/h5-13H,4H2,1-3H3/q+1. The molecule has 0 saturated carbocycles. The molecular weight excluding hydrogens is 282 g/mol. The van der Waals surface area contributed by atoms with E-state index in [1.54, 1.807) is 0 Å². The quantitative estimate of drug-likeness (QED) is 0.802. The van der Waals surface area contributed by atoms with E-state index in [0.29, 0.717) is 5.56 Å². The highest BCUT2D eigenvalue weighted by Crippen LogP contribution is 2.38. The van der Waals surface area contributed by atoms with Gasteiger partial charge in [0.2, 0.25) is 5.69 Å². The Bertz CT molecular complexity index is 834. The first-order valence-corrected chi connectivity index (χ1v) is 7.86. The van der Waals surface area contributed by atoms with Crippen LogP contribution < -0.4 is 0 Å². The summed E-state index contributed by atoms with van der Waals surface area (Å²) >= 11 is 0. The van der Waals surface area contributed by atoms with Crippen LogP contribution in [0.5, 0.6) is 0 Å². The molecule has 0 saturated heterocycles.